The van der Waals surface area contributed by atoms with Gasteiger partial charge in [-0.2, -0.15) is 0 Å². The molecule has 0 aliphatic carbocycles. The highest BCUT2D eigenvalue weighted by Gasteiger charge is 2.03. The number of hydrogen-bond acceptors (Lipinski definition) is 2. The zero-order chi connectivity index (χ0) is 11.8. The second-order valence-corrected chi connectivity index (χ2v) is 4.14. The Labute approximate surface area is 99.0 Å². The van der Waals surface area contributed by atoms with E-state index < -0.39 is 0 Å². The molecule has 2 nitrogen and oxygen atoms in total. The lowest BCUT2D eigenvalue weighted by Gasteiger charge is -2.12. The van der Waals surface area contributed by atoms with Crippen molar-refractivity contribution in [2.24, 2.45) is 0 Å². The maximum atomic E-state index is 5.72. The summed E-state index contributed by atoms with van der Waals surface area (Å²) in [6.45, 7) is 5.18. The number of rotatable bonds is 7. The molecule has 1 aromatic rings. The molecule has 1 rings (SSSR count). The van der Waals surface area contributed by atoms with Crippen LogP contribution in [0.15, 0.2) is 24.3 Å². The normalized spacial score (nSPS) is 12.4. The molecule has 0 spiro atoms. The molecule has 0 aliphatic heterocycles. The SMILES string of the molecule is CCCCCOc1cccc(C(C)NC)c1. The van der Waals surface area contributed by atoms with E-state index in [1.165, 1.54) is 18.4 Å². The van der Waals surface area contributed by atoms with Crippen molar-refractivity contribution in [1.29, 1.82) is 0 Å². The van der Waals surface area contributed by atoms with Crippen molar-refractivity contribution in [2.45, 2.75) is 39.2 Å². The minimum atomic E-state index is 0.374. The van der Waals surface area contributed by atoms with Crippen LogP contribution in [0, 0.1) is 0 Å². The monoisotopic (exact) mass is 221 g/mol. The third kappa shape index (κ3) is 4.23. The van der Waals surface area contributed by atoms with Crippen molar-refractivity contribution in [2.75, 3.05) is 13.7 Å². The Balaban J connectivity index is 2.47. The van der Waals surface area contributed by atoms with Crippen molar-refractivity contribution in [1.82, 2.24) is 5.32 Å². The predicted molar refractivity (Wildman–Crippen MR) is 68.9 cm³/mol. The fourth-order valence-corrected chi connectivity index (χ4v) is 1.58. The van der Waals surface area contributed by atoms with Crippen LogP contribution in [0.5, 0.6) is 5.75 Å². The summed E-state index contributed by atoms with van der Waals surface area (Å²) in [4.78, 5) is 0. The van der Waals surface area contributed by atoms with Crippen LogP contribution in [0.25, 0.3) is 0 Å². The van der Waals surface area contributed by atoms with E-state index in [2.05, 4.69) is 37.4 Å². The van der Waals surface area contributed by atoms with Gasteiger partial charge in [-0.25, -0.2) is 0 Å². The van der Waals surface area contributed by atoms with Gasteiger partial charge in [0.25, 0.3) is 0 Å². The first-order chi connectivity index (χ1) is 7.77. The summed E-state index contributed by atoms with van der Waals surface area (Å²) in [5.41, 5.74) is 1.27. The van der Waals surface area contributed by atoms with Crippen molar-refractivity contribution >= 4 is 0 Å². The lowest BCUT2D eigenvalue weighted by atomic mass is 10.1. The summed E-state index contributed by atoms with van der Waals surface area (Å²) < 4.78 is 5.72. The predicted octanol–water partition coefficient (Wildman–Crippen LogP) is 3.54. The lowest BCUT2D eigenvalue weighted by Crippen LogP contribution is -2.12. The number of unbranched alkanes of at least 4 members (excludes halogenated alkanes) is 2. The van der Waals surface area contributed by atoms with Crippen molar-refractivity contribution < 1.29 is 4.74 Å². The average Bonchev–Trinajstić information content (AvgIpc) is 2.34. The molecule has 1 N–H and O–H groups in total. The first-order valence-corrected chi connectivity index (χ1v) is 6.18. The van der Waals surface area contributed by atoms with Crippen LogP contribution in [0.2, 0.25) is 0 Å². The van der Waals surface area contributed by atoms with Gasteiger partial charge in [0, 0.05) is 6.04 Å². The molecule has 0 aromatic heterocycles. The summed E-state index contributed by atoms with van der Waals surface area (Å²) in [6.07, 6.45) is 3.62. The largest absolute Gasteiger partial charge is 0.494 e. The standard InChI is InChI=1S/C14H23NO/c1-4-5-6-10-16-14-9-7-8-13(11-14)12(2)15-3/h7-9,11-12,15H,4-6,10H2,1-3H3. The Hall–Kier alpha value is -1.02. The molecule has 0 amide bonds. The van der Waals surface area contributed by atoms with E-state index in [1.807, 2.05) is 13.1 Å². The molecular weight excluding hydrogens is 198 g/mol. The van der Waals surface area contributed by atoms with Gasteiger partial charge < -0.3 is 10.1 Å². The van der Waals surface area contributed by atoms with E-state index in [9.17, 15) is 0 Å². The molecule has 0 fully saturated rings. The molecule has 1 unspecified atom stereocenters. The first-order valence-electron chi connectivity index (χ1n) is 6.18. The van der Waals surface area contributed by atoms with Crippen LogP contribution in [-0.2, 0) is 0 Å². The zero-order valence-electron chi connectivity index (χ0n) is 10.6. The molecule has 0 radical (unpaired) electrons. The number of hydrogen-bond donors (Lipinski definition) is 1. The molecule has 0 saturated carbocycles. The van der Waals surface area contributed by atoms with Gasteiger partial charge in [-0.3, -0.25) is 0 Å². The van der Waals surface area contributed by atoms with Crippen molar-refractivity contribution in [3.63, 3.8) is 0 Å². The van der Waals surface area contributed by atoms with Gasteiger partial charge in [-0.15, -0.1) is 0 Å². The zero-order valence-corrected chi connectivity index (χ0v) is 10.6. The molecule has 1 atom stereocenters. The number of ether oxygens (including phenoxy) is 1. The maximum absolute atomic E-state index is 5.72. The third-order valence-corrected chi connectivity index (χ3v) is 2.81. The third-order valence-electron chi connectivity index (χ3n) is 2.81. The van der Waals surface area contributed by atoms with Crippen LogP contribution in [0.1, 0.15) is 44.7 Å². The van der Waals surface area contributed by atoms with Crippen LogP contribution in [0.3, 0.4) is 0 Å². The smallest absolute Gasteiger partial charge is 0.119 e. The second-order valence-electron chi connectivity index (χ2n) is 4.14. The highest BCUT2D eigenvalue weighted by Crippen LogP contribution is 2.18. The first kappa shape index (κ1) is 13.0. The van der Waals surface area contributed by atoms with E-state index in [1.54, 1.807) is 0 Å². The summed E-state index contributed by atoms with van der Waals surface area (Å²) in [6, 6.07) is 8.70. The fraction of sp³-hybridized carbons (Fsp3) is 0.571. The van der Waals surface area contributed by atoms with Crippen LogP contribution < -0.4 is 10.1 Å². The van der Waals surface area contributed by atoms with Crippen LogP contribution >= 0.6 is 0 Å². The van der Waals surface area contributed by atoms with E-state index >= 15 is 0 Å². The van der Waals surface area contributed by atoms with Gasteiger partial charge in [0.05, 0.1) is 6.61 Å². The summed E-state index contributed by atoms with van der Waals surface area (Å²) in [5, 5.41) is 3.23. The summed E-state index contributed by atoms with van der Waals surface area (Å²) in [5.74, 6) is 0.982. The molecule has 0 heterocycles. The lowest BCUT2D eigenvalue weighted by molar-refractivity contribution is 0.306. The Morgan fingerprint density at radius 3 is 2.81 bits per heavy atom. The Morgan fingerprint density at radius 2 is 2.12 bits per heavy atom. The van der Waals surface area contributed by atoms with Gasteiger partial charge in [-0.05, 0) is 38.1 Å². The quantitative estimate of drug-likeness (QED) is 0.711. The molecule has 90 valence electrons. The van der Waals surface area contributed by atoms with Gasteiger partial charge in [0.1, 0.15) is 5.75 Å². The van der Waals surface area contributed by atoms with Gasteiger partial charge in [0.2, 0.25) is 0 Å². The van der Waals surface area contributed by atoms with Gasteiger partial charge >= 0.3 is 0 Å². The Kier molecular flexibility index (Phi) is 5.94. The highest BCUT2D eigenvalue weighted by molar-refractivity contribution is 5.30. The molecule has 0 aliphatic rings. The van der Waals surface area contributed by atoms with E-state index in [0.29, 0.717) is 6.04 Å². The van der Waals surface area contributed by atoms with Crippen LogP contribution in [0.4, 0.5) is 0 Å². The summed E-state index contributed by atoms with van der Waals surface area (Å²) in [7, 11) is 1.97. The van der Waals surface area contributed by atoms with Crippen molar-refractivity contribution in [3.05, 3.63) is 29.8 Å². The van der Waals surface area contributed by atoms with E-state index in [0.717, 1.165) is 18.8 Å². The fourth-order valence-electron chi connectivity index (χ4n) is 1.58. The van der Waals surface area contributed by atoms with Crippen molar-refractivity contribution in [3.8, 4) is 5.75 Å². The van der Waals surface area contributed by atoms with E-state index in [-0.39, 0.29) is 0 Å². The Morgan fingerprint density at radius 1 is 1.31 bits per heavy atom. The number of nitrogens with one attached hydrogen (secondary N) is 1. The molecule has 2 heteroatoms. The molecule has 0 saturated heterocycles. The minimum absolute atomic E-state index is 0.374. The van der Waals surface area contributed by atoms with E-state index in [4.69, 9.17) is 4.74 Å². The molecule has 1 aromatic carbocycles. The summed E-state index contributed by atoms with van der Waals surface area (Å²) >= 11 is 0. The van der Waals surface area contributed by atoms with Gasteiger partial charge in [0.15, 0.2) is 0 Å². The van der Waals surface area contributed by atoms with Crippen LogP contribution in [-0.4, -0.2) is 13.7 Å². The minimum Gasteiger partial charge on any atom is -0.494 e. The highest BCUT2D eigenvalue weighted by atomic mass is 16.5. The van der Waals surface area contributed by atoms with Gasteiger partial charge in [-0.1, -0.05) is 31.9 Å². The average molecular weight is 221 g/mol. The second kappa shape index (κ2) is 7.29. The Bertz CT molecular complexity index is 299. The topological polar surface area (TPSA) is 21.3 Å². The molecular formula is C14H23NO. The molecule has 0 bridgehead atoms. The molecule has 16 heavy (non-hydrogen) atoms. The maximum Gasteiger partial charge on any atom is 0.119 e. The number of benzene rings is 1.